The highest BCUT2D eigenvalue weighted by atomic mass is 32.2. The summed E-state index contributed by atoms with van der Waals surface area (Å²) < 4.78 is 67.7. The van der Waals surface area contributed by atoms with Gasteiger partial charge in [-0.05, 0) is 25.7 Å². The Morgan fingerprint density at radius 3 is 2.16 bits per heavy atom. The third kappa shape index (κ3) is 5.77. The van der Waals surface area contributed by atoms with E-state index in [1.54, 1.807) is 0 Å². The molecule has 9 heteroatoms. The van der Waals surface area contributed by atoms with Crippen molar-refractivity contribution in [3.63, 3.8) is 0 Å². The first-order valence-corrected chi connectivity index (χ1v) is 7.57. The van der Waals surface area contributed by atoms with Gasteiger partial charge in [0.25, 0.3) is 16.2 Å². The number of alkyl halides is 3. The Bertz CT molecular complexity index is 411. The summed E-state index contributed by atoms with van der Waals surface area (Å²) in [6.45, 7) is 0. The second kappa shape index (κ2) is 6.08. The fraction of sp³-hybridized carbons (Fsp3) is 0.900. The molecule has 1 aliphatic rings. The van der Waals surface area contributed by atoms with Crippen LogP contribution >= 0.6 is 0 Å². The number of esters is 1. The smallest absolute Gasteiger partial charge is 0.427 e. The molecule has 1 saturated carbocycles. The Balaban J connectivity index is 2.71. The molecule has 0 aromatic rings. The molecule has 0 spiro atoms. The maximum atomic E-state index is 12.6. The molecule has 0 heterocycles. The maximum Gasteiger partial charge on any atom is 0.427 e. The minimum Gasteiger partial charge on any atom is -0.460 e. The van der Waals surface area contributed by atoms with Gasteiger partial charge in [0.15, 0.2) is 0 Å². The van der Waals surface area contributed by atoms with Crippen molar-refractivity contribution in [1.29, 1.82) is 0 Å². The molecular weight excluding hydrogens is 289 g/mol. The molecule has 1 rings (SSSR count). The van der Waals surface area contributed by atoms with Gasteiger partial charge in [-0.15, -0.1) is 0 Å². The molecule has 1 fully saturated rings. The lowest BCUT2D eigenvalue weighted by Gasteiger charge is -2.25. The molecule has 1 atom stereocenters. The van der Waals surface area contributed by atoms with Crippen LogP contribution in [0.2, 0.25) is 0 Å². The van der Waals surface area contributed by atoms with Crippen molar-refractivity contribution in [3.8, 4) is 0 Å². The van der Waals surface area contributed by atoms with Crippen LogP contribution in [-0.2, 0) is 23.8 Å². The first-order valence-electron chi connectivity index (χ1n) is 5.75. The van der Waals surface area contributed by atoms with Crippen molar-refractivity contribution in [2.45, 2.75) is 50.5 Å². The maximum absolute atomic E-state index is 12.6. The van der Waals surface area contributed by atoms with E-state index in [1.165, 1.54) is 0 Å². The second-order valence-electron chi connectivity index (χ2n) is 4.42. The molecule has 0 aromatic heterocycles. The largest absolute Gasteiger partial charge is 0.460 e. The molecule has 0 bridgehead atoms. The summed E-state index contributed by atoms with van der Waals surface area (Å²) in [6, 6.07) is 0. The average molecular weight is 304 g/mol. The highest BCUT2D eigenvalue weighted by Gasteiger charge is 2.50. The highest BCUT2D eigenvalue weighted by molar-refractivity contribution is 7.86. The molecule has 5 nitrogen and oxygen atoms in total. The highest BCUT2D eigenvalue weighted by Crippen LogP contribution is 2.27. The summed E-state index contributed by atoms with van der Waals surface area (Å²) >= 11 is 0. The third-order valence-electron chi connectivity index (χ3n) is 2.62. The fourth-order valence-corrected chi connectivity index (χ4v) is 2.35. The molecule has 19 heavy (non-hydrogen) atoms. The summed E-state index contributed by atoms with van der Waals surface area (Å²) in [5.74, 6) is -1.70. The number of hydrogen-bond acceptors (Lipinski definition) is 5. The van der Waals surface area contributed by atoms with E-state index < -0.39 is 34.5 Å². The normalized spacial score (nSPS) is 20.0. The van der Waals surface area contributed by atoms with Gasteiger partial charge in [0.1, 0.15) is 6.10 Å². The van der Waals surface area contributed by atoms with Crippen LogP contribution in [0.5, 0.6) is 0 Å². The van der Waals surface area contributed by atoms with Gasteiger partial charge >= 0.3 is 12.1 Å². The van der Waals surface area contributed by atoms with Crippen LogP contribution in [-0.4, -0.2) is 39.0 Å². The number of rotatable bonds is 4. The van der Waals surface area contributed by atoms with Crippen LogP contribution in [0.25, 0.3) is 0 Å². The monoisotopic (exact) mass is 304 g/mol. The van der Waals surface area contributed by atoms with Crippen LogP contribution in [0.1, 0.15) is 32.1 Å². The summed E-state index contributed by atoms with van der Waals surface area (Å²) in [7, 11) is -4.41. The minimum absolute atomic E-state index is 0.444. The van der Waals surface area contributed by atoms with Gasteiger partial charge in [0, 0.05) is 0 Å². The molecular formula is C10H15F3O5S. The van der Waals surface area contributed by atoms with Crippen molar-refractivity contribution in [2.75, 3.05) is 6.26 Å². The summed E-state index contributed by atoms with van der Waals surface area (Å²) in [5, 5.41) is 0. The van der Waals surface area contributed by atoms with E-state index in [1.807, 2.05) is 0 Å². The molecule has 0 saturated heterocycles. The van der Waals surface area contributed by atoms with Gasteiger partial charge in [-0.25, -0.2) is 8.98 Å². The quantitative estimate of drug-likeness (QED) is 0.585. The van der Waals surface area contributed by atoms with Crippen LogP contribution in [0.3, 0.4) is 0 Å². The molecule has 0 amide bonds. The number of carbonyl (C=O) groups excluding carboxylic acids is 1. The van der Waals surface area contributed by atoms with E-state index in [0.29, 0.717) is 19.1 Å². The fourth-order valence-electron chi connectivity index (χ4n) is 1.81. The summed E-state index contributed by atoms with van der Waals surface area (Å²) in [5.41, 5.74) is 0. The lowest BCUT2D eigenvalue weighted by molar-refractivity contribution is -0.214. The molecule has 1 unspecified atom stereocenters. The predicted molar refractivity (Wildman–Crippen MR) is 58.7 cm³/mol. The predicted octanol–water partition coefficient (Wildman–Crippen LogP) is 1.77. The topological polar surface area (TPSA) is 69.7 Å². The Kier molecular flexibility index (Phi) is 5.19. The Morgan fingerprint density at radius 1 is 1.21 bits per heavy atom. The zero-order valence-corrected chi connectivity index (χ0v) is 11.1. The van der Waals surface area contributed by atoms with Crippen molar-refractivity contribution in [1.82, 2.24) is 0 Å². The van der Waals surface area contributed by atoms with E-state index in [4.69, 9.17) is 0 Å². The minimum atomic E-state index is -5.13. The van der Waals surface area contributed by atoms with Crippen molar-refractivity contribution < 1.29 is 35.3 Å². The van der Waals surface area contributed by atoms with E-state index in [0.717, 1.165) is 19.3 Å². The second-order valence-corrected chi connectivity index (χ2v) is 6.02. The molecule has 0 N–H and O–H groups in total. The van der Waals surface area contributed by atoms with Crippen LogP contribution in [0.15, 0.2) is 0 Å². The number of ether oxygens (including phenoxy) is 1. The lowest BCUT2D eigenvalue weighted by Crippen LogP contribution is -2.43. The zero-order chi connectivity index (χ0) is 14.7. The summed E-state index contributed by atoms with van der Waals surface area (Å²) in [4.78, 5) is 11.4. The lowest BCUT2D eigenvalue weighted by atomic mass is 9.98. The first-order chi connectivity index (χ1) is 8.59. The van der Waals surface area contributed by atoms with E-state index >= 15 is 0 Å². The van der Waals surface area contributed by atoms with Gasteiger partial charge < -0.3 is 4.74 Å². The van der Waals surface area contributed by atoms with E-state index in [2.05, 4.69) is 8.92 Å². The van der Waals surface area contributed by atoms with E-state index in [-0.39, 0.29) is 0 Å². The van der Waals surface area contributed by atoms with Gasteiger partial charge in [0.2, 0.25) is 0 Å². The Morgan fingerprint density at radius 2 is 1.74 bits per heavy atom. The standard InChI is InChI=1S/C10H15F3O5S/c1-19(15,16)18-8(10(11,12)13)9(14)17-7-5-3-2-4-6-7/h7-8H,2-6H2,1H3. The Hall–Kier alpha value is -0.830. The molecule has 0 radical (unpaired) electrons. The number of carbonyl (C=O) groups is 1. The van der Waals surface area contributed by atoms with Crippen molar-refractivity contribution >= 4 is 16.1 Å². The molecule has 0 aliphatic heterocycles. The SMILES string of the molecule is CS(=O)(=O)OC(C(=O)OC1CCCCC1)C(F)(F)F. The van der Waals surface area contributed by atoms with Crippen molar-refractivity contribution in [3.05, 3.63) is 0 Å². The van der Waals surface area contributed by atoms with Crippen LogP contribution < -0.4 is 0 Å². The summed E-state index contributed by atoms with van der Waals surface area (Å²) in [6.07, 6.45) is -4.95. The molecule has 1 aliphatic carbocycles. The number of hydrogen-bond donors (Lipinski definition) is 0. The molecule has 0 aromatic carbocycles. The van der Waals surface area contributed by atoms with E-state index in [9.17, 15) is 26.4 Å². The third-order valence-corrected chi connectivity index (χ3v) is 3.16. The van der Waals surface area contributed by atoms with Gasteiger partial charge in [0.05, 0.1) is 6.26 Å². The van der Waals surface area contributed by atoms with Gasteiger partial charge in [-0.1, -0.05) is 6.42 Å². The van der Waals surface area contributed by atoms with Gasteiger partial charge in [-0.2, -0.15) is 21.6 Å². The van der Waals surface area contributed by atoms with Gasteiger partial charge in [-0.3, -0.25) is 0 Å². The molecule has 112 valence electrons. The average Bonchev–Trinajstić information content (AvgIpc) is 2.24. The number of halogens is 3. The Labute approximate surface area is 109 Å². The van der Waals surface area contributed by atoms with Crippen LogP contribution in [0.4, 0.5) is 13.2 Å². The first kappa shape index (κ1) is 16.2. The van der Waals surface area contributed by atoms with Crippen molar-refractivity contribution in [2.24, 2.45) is 0 Å². The zero-order valence-electron chi connectivity index (χ0n) is 10.3. The van der Waals surface area contributed by atoms with Crippen LogP contribution in [0, 0.1) is 0 Å².